The third kappa shape index (κ3) is 2.18. The summed E-state index contributed by atoms with van der Waals surface area (Å²) in [5, 5.41) is 0. The van der Waals surface area contributed by atoms with Crippen LogP contribution in [-0.4, -0.2) is 13.0 Å². The van der Waals surface area contributed by atoms with E-state index >= 15 is 0 Å². The fourth-order valence-corrected chi connectivity index (χ4v) is 2.14. The lowest BCUT2D eigenvalue weighted by atomic mass is 9.95. The van der Waals surface area contributed by atoms with Gasteiger partial charge in [-0.2, -0.15) is 8.42 Å². The summed E-state index contributed by atoms with van der Waals surface area (Å²) in [7, 11) is -4.12. The largest absolute Gasteiger partial charge is 0.285 e. The molecule has 0 bridgehead atoms. The Labute approximate surface area is 96.6 Å². The zero-order valence-corrected chi connectivity index (χ0v) is 10.5. The van der Waals surface area contributed by atoms with Crippen LogP contribution in [0.1, 0.15) is 30.5 Å². The highest BCUT2D eigenvalue weighted by molar-refractivity contribution is 7.86. The number of aryl methyl sites for hydroxylation is 1. The van der Waals surface area contributed by atoms with Gasteiger partial charge in [-0.3, -0.25) is 4.55 Å². The molecule has 0 saturated heterocycles. The minimum atomic E-state index is -4.12. The number of hydrogen-bond acceptors (Lipinski definition) is 2. The Morgan fingerprint density at radius 1 is 1.38 bits per heavy atom. The molecule has 0 atom stereocenters. The summed E-state index contributed by atoms with van der Waals surface area (Å²) < 4.78 is 30.5. The zero-order chi connectivity index (χ0) is 12.6. The Morgan fingerprint density at radius 2 is 1.94 bits per heavy atom. The molecule has 4 heteroatoms. The first-order valence-electron chi connectivity index (χ1n) is 4.90. The molecule has 1 aromatic rings. The monoisotopic (exact) mass is 240 g/mol. The van der Waals surface area contributed by atoms with Crippen LogP contribution in [0.15, 0.2) is 24.8 Å². The highest BCUT2D eigenvalue weighted by Gasteiger charge is 2.35. The normalized spacial score (nSPS) is 12.5. The third-order valence-corrected chi connectivity index (χ3v) is 4.29. The van der Waals surface area contributed by atoms with Crippen LogP contribution in [0.25, 0.3) is 6.08 Å². The molecule has 0 fully saturated rings. The zero-order valence-electron chi connectivity index (χ0n) is 9.69. The van der Waals surface area contributed by atoms with Gasteiger partial charge in [0.05, 0.1) is 0 Å². The minimum Gasteiger partial charge on any atom is -0.285 e. The van der Waals surface area contributed by atoms with Crippen molar-refractivity contribution in [3.05, 3.63) is 41.5 Å². The molecule has 0 aliphatic carbocycles. The van der Waals surface area contributed by atoms with Crippen molar-refractivity contribution in [1.29, 1.82) is 0 Å². The second kappa shape index (κ2) is 4.03. The molecule has 0 spiro atoms. The second-order valence-electron chi connectivity index (χ2n) is 4.26. The molecule has 0 radical (unpaired) electrons. The molecule has 1 N–H and O–H groups in total. The molecule has 16 heavy (non-hydrogen) atoms. The fourth-order valence-electron chi connectivity index (χ4n) is 1.63. The van der Waals surface area contributed by atoms with Crippen LogP contribution < -0.4 is 0 Å². The van der Waals surface area contributed by atoms with Crippen LogP contribution in [0.5, 0.6) is 0 Å². The summed E-state index contributed by atoms with van der Waals surface area (Å²) in [5.74, 6) is 0. The maximum Gasteiger partial charge on any atom is 0.274 e. The second-order valence-corrected chi connectivity index (χ2v) is 6.23. The summed E-state index contributed by atoms with van der Waals surface area (Å²) in [6, 6.07) is 5.33. The van der Waals surface area contributed by atoms with Crippen LogP contribution in [0, 0.1) is 6.92 Å². The Hall–Kier alpha value is -1.13. The molecule has 0 unspecified atom stereocenters. The SMILES string of the molecule is C=Cc1ccc(C(C)(C)S(=O)(=O)O)c(C)c1. The lowest BCUT2D eigenvalue weighted by Gasteiger charge is -2.23. The Balaban J connectivity index is 3.41. The fraction of sp³-hybridized carbons (Fsp3) is 0.333. The Bertz CT molecular complexity index is 513. The van der Waals surface area contributed by atoms with Gasteiger partial charge in [0, 0.05) is 0 Å². The highest BCUT2D eigenvalue weighted by atomic mass is 32.2. The summed E-state index contributed by atoms with van der Waals surface area (Å²) in [6.45, 7) is 8.43. The van der Waals surface area contributed by atoms with Crippen LogP contribution in [-0.2, 0) is 14.9 Å². The molecule has 3 nitrogen and oxygen atoms in total. The van der Waals surface area contributed by atoms with Gasteiger partial charge in [-0.15, -0.1) is 0 Å². The van der Waals surface area contributed by atoms with Crippen molar-refractivity contribution in [3.8, 4) is 0 Å². The topological polar surface area (TPSA) is 54.4 Å². The molecule has 0 amide bonds. The third-order valence-electron chi connectivity index (χ3n) is 2.78. The molecule has 0 heterocycles. The maximum absolute atomic E-state index is 11.3. The maximum atomic E-state index is 11.3. The van der Waals surface area contributed by atoms with Crippen molar-refractivity contribution in [2.45, 2.75) is 25.5 Å². The molecule has 0 aliphatic heterocycles. The molecular weight excluding hydrogens is 224 g/mol. The van der Waals surface area contributed by atoms with E-state index in [2.05, 4.69) is 6.58 Å². The molecule has 0 aliphatic rings. The molecular formula is C12H16O3S. The molecule has 88 valence electrons. The van der Waals surface area contributed by atoms with Crippen molar-refractivity contribution in [1.82, 2.24) is 0 Å². The predicted molar refractivity (Wildman–Crippen MR) is 65.8 cm³/mol. The number of hydrogen-bond donors (Lipinski definition) is 1. The van der Waals surface area contributed by atoms with Crippen LogP contribution in [0.4, 0.5) is 0 Å². The van der Waals surface area contributed by atoms with Crippen molar-refractivity contribution in [2.24, 2.45) is 0 Å². The summed E-state index contributed by atoms with van der Waals surface area (Å²) >= 11 is 0. The average Bonchev–Trinajstić information content (AvgIpc) is 2.15. The van der Waals surface area contributed by atoms with E-state index < -0.39 is 14.9 Å². The van der Waals surface area contributed by atoms with Gasteiger partial charge in [0.2, 0.25) is 0 Å². The first-order chi connectivity index (χ1) is 7.20. The van der Waals surface area contributed by atoms with E-state index in [9.17, 15) is 13.0 Å². The first-order valence-corrected chi connectivity index (χ1v) is 6.35. The van der Waals surface area contributed by atoms with E-state index in [1.165, 1.54) is 13.8 Å². The summed E-state index contributed by atoms with van der Waals surface area (Å²) in [4.78, 5) is 0. The molecule has 0 saturated carbocycles. The smallest absolute Gasteiger partial charge is 0.274 e. The summed E-state index contributed by atoms with van der Waals surface area (Å²) in [6.07, 6.45) is 1.69. The van der Waals surface area contributed by atoms with E-state index in [-0.39, 0.29) is 0 Å². The quantitative estimate of drug-likeness (QED) is 0.826. The van der Waals surface area contributed by atoms with Crippen LogP contribution in [0.3, 0.4) is 0 Å². The molecule has 1 rings (SSSR count). The first kappa shape index (κ1) is 12.9. The number of rotatable bonds is 3. The lowest BCUT2D eigenvalue weighted by Crippen LogP contribution is -2.29. The highest BCUT2D eigenvalue weighted by Crippen LogP contribution is 2.31. The van der Waals surface area contributed by atoms with Gasteiger partial charge < -0.3 is 0 Å². The van der Waals surface area contributed by atoms with Gasteiger partial charge in [0.15, 0.2) is 0 Å². The Kier molecular flexibility index (Phi) is 3.26. The van der Waals surface area contributed by atoms with Crippen LogP contribution in [0.2, 0.25) is 0 Å². The van der Waals surface area contributed by atoms with Crippen molar-refractivity contribution < 1.29 is 13.0 Å². The molecule has 0 aromatic heterocycles. The van der Waals surface area contributed by atoms with E-state index in [1.807, 2.05) is 13.0 Å². The average molecular weight is 240 g/mol. The summed E-state index contributed by atoms with van der Waals surface area (Å²) in [5.41, 5.74) is 2.34. The predicted octanol–water partition coefficient (Wildman–Crippen LogP) is 2.76. The van der Waals surface area contributed by atoms with Gasteiger partial charge >= 0.3 is 0 Å². The van der Waals surface area contributed by atoms with Crippen molar-refractivity contribution >= 4 is 16.2 Å². The van der Waals surface area contributed by atoms with Gasteiger partial charge in [-0.25, -0.2) is 0 Å². The van der Waals surface area contributed by atoms with Gasteiger partial charge in [-0.1, -0.05) is 30.9 Å². The Morgan fingerprint density at radius 3 is 2.31 bits per heavy atom. The van der Waals surface area contributed by atoms with Gasteiger partial charge in [0.25, 0.3) is 10.1 Å². The van der Waals surface area contributed by atoms with E-state index in [0.29, 0.717) is 5.56 Å². The lowest BCUT2D eigenvalue weighted by molar-refractivity contribution is 0.445. The van der Waals surface area contributed by atoms with E-state index in [0.717, 1.165) is 11.1 Å². The van der Waals surface area contributed by atoms with E-state index in [1.54, 1.807) is 18.2 Å². The standard InChI is InChI=1S/C12H16O3S/c1-5-10-6-7-11(9(2)8-10)12(3,4)16(13,14)15/h5-8H,1H2,2-4H3,(H,13,14,15). The molecule has 1 aromatic carbocycles. The minimum absolute atomic E-state index is 0.598. The van der Waals surface area contributed by atoms with E-state index in [4.69, 9.17) is 0 Å². The van der Waals surface area contributed by atoms with Gasteiger partial charge in [0.1, 0.15) is 4.75 Å². The number of benzene rings is 1. The van der Waals surface area contributed by atoms with Crippen molar-refractivity contribution in [2.75, 3.05) is 0 Å². The van der Waals surface area contributed by atoms with Crippen LogP contribution >= 0.6 is 0 Å². The van der Waals surface area contributed by atoms with Gasteiger partial charge in [-0.05, 0) is 37.5 Å². The van der Waals surface area contributed by atoms with Crippen molar-refractivity contribution in [3.63, 3.8) is 0 Å².